The predicted molar refractivity (Wildman–Crippen MR) is 88.7 cm³/mol. The van der Waals surface area contributed by atoms with Crippen molar-refractivity contribution in [3.63, 3.8) is 0 Å². The first-order valence-corrected chi connectivity index (χ1v) is 7.35. The van der Waals surface area contributed by atoms with Gasteiger partial charge in [0.15, 0.2) is 0 Å². The number of benzene rings is 2. The van der Waals surface area contributed by atoms with Gasteiger partial charge in [0.2, 0.25) is 0 Å². The summed E-state index contributed by atoms with van der Waals surface area (Å²) >= 11 is 9.25. The molecule has 0 spiro atoms. The van der Waals surface area contributed by atoms with Crippen molar-refractivity contribution < 1.29 is 0 Å². The number of nitrogens with two attached hydrogens (primary N) is 1. The monoisotopic (exact) mass is 340 g/mol. The second-order valence-corrected chi connectivity index (χ2v) is 5.06. The molecule has 0 aliphatic carbocycles. The van der Waals surface area contributed by atoms with E-state index in [1.807, 2.05) is 56.3 Å². The molecule has 0 atom stereocenters. The Morgan fingerprint density at radius 1 is 1.11 bits per heavy atom. The first kappa shape index (κ1) is 15.9. The quantitative estimate of drug-likeness (QED) is 0.741. The molecule has 0 aliphatic rings. The summed E-state index contributed by atoms with van der Waals surface area (Å²) in [6, 6.07) is 13.5. The average Bonchev–Trinajstić information content (AvgIpc) is 2.44. The number of anilines is 2. The van der Waals surface area contributed by atoms with Gasteiger partial charge in [0, 0.05) is 16.0 Å². The van der Waals surface area contributed by atoms with Crippen LogP contribution < -0.4 is 11.1 Å². The maximum atomic E-state index is 5.87. The maximum Gasteiger partial charge on any atom is 0.0587 e. The second-order valence-electron chi connectivity index (χ2n) is 3.71. The molecular weight excluding hydrogens is 324 g/mol. The molecule has 102 valence electrons. The van der Waals surface area contributed by atoms with E-state index in [4.69, 9.17) is 17.3 Å². The van der Waals surface area contributed by atoms with Crippen LogP contribution in [0.2, 0.25) is 5.02 Å². The molecule has 3 N–H and O–H groups in total. The van der Waals surface area contributed by atoms with E-state index in [0.29, 0.717) is 0 Å². The van der Waals surface area contributed by atoms with E-state index in [2.05, 4.69) is 21.2 Å². The third-order valence-electron chi connectivity index (χ3n) is 2.41. The summed E-state index contributed by atoms with van der Waals surface area (Å²) < 4.78 is 1.00. The van der Waals surface area contributed by atoms with Crippen molar-refractivity contribution in [2.45, 2.75) is 20.4 Å². The van der Waals surface area contributed by atoms with Gasteiger partial charge in [-0.3, -0.25) is 0 Å². The molecule has 2 nitrogen and oxygen atoms in total. The van der Waals surface area contributed by atoms with Crippen LogP contribution in [0.4, 0.5) is 11.4 Å². The molecule has 0 heterocycles. The maximum absolute atomic E-state index is 5.87. The molecule has 0 bridgehead atoms. The molecule has 2 aromatic carbocycles. The first-order chi connectivity index (χ1) is 9.15. The number of nitrogen functional groups attached to an aromatic ring is 1. The molecule has 0 saturated heterocycles. The number of hydrogen-bond donors (Lipinski definition) is 2. The fourth-order valence-electron chi connectivity index (χ4n) is 1.48. The highest BCUT2D eigenvalue weighted by molar-refractivity contribution is 9.10. The van der Waals surface area contributed by atoms with Gasteiger partial charge in [-0.25, -0.2) is 0 Å². The Bertz CT molecular complexity index is 512. The van der Waals surface area contributed by atoms with Crippen LogP contribution in [0.5, 0.6) is 0 Å². The van der Waals surface area contributed by atoms with Crippen molar-refractivity contribution in [1.29, 1.82) is 0 Å². The van der Waals surface area contributed by atoms with Gasteiger partial charge in [0.1, 0.15) is 0 Å². The zero-order valence-electron chi connectivity index (χ0n) is 11.1. The van der Waals surface area contributed by atoms with Gasteiger partial charge < -0.3 is 11.1 Å². The molecule has 0 fully saturated rings. The Morgan fingerprint density at radius 3 is 2.37 bits per heavy atom. The van der Waals surface area contributed by atoms with E-state index in [0.717, 1.165) is 33.0 Å². The standard InChI is InChI=1S/C13H12BrClN2.C2H6/c14-10-3-6-12(16)13(7-10)17-8-9-1-4-11(15)5-2-9;1-2/h1-7,17H,8,16H2;1-2H3. The largest absolute Gasteiger partial charge is 0.397 e. The van der Waals surface area contributed by atoms with E-state index < -0.39 is 0 Å². The van der Waals surface area contributed by atoms with Gasteiger partial charge in [0.25, 0.3) is 0 Å². The third-order valence-corrected chi connectivity index (χ3v) is 3.16. The van der Waals surface area contributed by atoms with Crippen LogP contribution in [0.3, 0.4) is 0 Å². The third kappa shape index (κ3) is 5.13. The minimum atomic E-state index is 0.720. The van der Waals surface area contributed by atoms with Crippen LogP contribution in [0.15, 0.2) is 46.9 Å². The summed E-state index contributed by atoms with van der Waals surface area (Å²) in [7, 11) is 0. The summed E-state index contributed by atoms with van der Waals surface area (Å²) in [5, 5.41) is 4.04. The molecule has 0 amide bonds. The van der Waals surface area contributed by atoms with Crippen molar-refractivity contribution in [1.82, 2.24) is 0 Å². The summed E-state index contributed by atoms with van der Waals surface area (Å²) in [5.41, 5.74) is 8.70. The average molecular weight is 342 g/mol. The Hall–Kier alpha value is -1.19. The molecule has 2 aromatic rings. The van der Waals surface area contributed by atoms with E-state index in [-0.39, 0.29) is 0 Å². The highest BCUT2D eigenvalue weighted by Gasteiger charge is 2.00. The van der Waals surface area contributed by atoms with Crippen LogP contribution in [0.25, 0.3) is 0 Å². The minimum absolute atomic E-state index is 0.720. The zero-order chi connectivity index (χ0) is 14.3. The number of nitrogens with one attached hydrogen (secondary N) is 1. The summed E-state index contributed by atoms with van der Waals surface area (Å²) in [4.78, 5) is 0. The minimum Gasteiger partial charge on any atom is -0.397 e. The Morgan fingerprint density at radius 2 is 1.74 bits per heavy atom. The molecular formula is C15H18BrClN2. The number of hydrogen-bond acceptors (Lipinski definition) is 2. The molecule has 0 aromatic heterocycles. The lowest BCUT2D eigenvalue weighted by atomic mass is 10.2. The fraction of sp³-hybridized carbons (Fsp3) is 0.200. The second kappa shape index (κ2) is 8.08. The molecule has 2 rings (SSSR count). The molecule has 19 heavy (non-hydrogen) atoms. The van der Waals surface area contributed by atoms with Gasteiger partial charge in [-0.15, -0.1) is 0 Å². The van der Waals surface area contributed by atoms with Crippen molar-refractivity contribution in [2.24, 2.45) is 0 Å². The lowest BCUT2D eigenvalue weighted by molar-refractivity contribution is 1.15. The molecule has 4 heteroatoms. The van der Waals surface area contributed by atoms with Crippen LogP contribution >= 0.6 is 27.5 Å². The zero-order valence-corrected chi connectivity index (χ0v) is 13.4. The van der Waals surface area contributed by atoms with Crippen LogP contribution in [-0.2, 0) is 6.54 Å². The lowest BCUT2D eigenvalue weighted by Crippen LogP contribution is -2.02. The number of halogens is 2. The molecule has 0 saturated carbocycles. The molecule has 0 radical (unpaired) electrons. The Labute approximate surface area is 128 Å². The van der Waals surface area contributed by atoms with Gasteiger partial charge in [-0.05, 0) is 35.9 Å². The van der Waals surface area contributed by atoms with Gasteiger partial charge in [-0.2, -0.15) is 0 Å². The summed E-state index contributed by atoms with van der Waals surface area (Å²) in [6.07, 6.45) is 0. The van der Waals surface area contributed by atoms with Crippen LogP contribution in [-0.4, -0.2) is 0 Å². The van der Waals surface area contributed by atoms with E-state index in [1.165, 1.54) is 0 Å². The highest BCUT2D eigenvalue weighted by atomic mass is 79.9. The first-order valence-electron chi connectivity index (χ1n) is 6.18. The normalized spacial score (nSPS) is 9.47. The van der Waals surface area contributed by atoms with Crippen molar-refractivity contribution in [3.8, 4) is 0 Å². The van der Waals surface area contributed by atoms with Crippen molar-refractivity contribution in [2.75, 3.05) is 11.1 Å². The SMILES string of the molecule is CC.Nc1ccc(Br)cc1NCc1ccc(Cl)cc1. The van der Waals surface area contributed by atoms with Gasteiger partial charge >= 0.3 is 0 Å². The van der Waals surface area contributed by atoms with Gasteiger partial charge in [0.05, 0.1) is 11.4 Å². The Kier molecular flexibility index (Phi) is 6.74. The predicted octanol–water partition coefficient (Wildman–Crippen LogP) is 5.32. The smallest absolute Gasteiger partial charge is 0.0587 e. The van der Waals surface area contributed by atoms with Crippen LogP contribution in [0, 0.1) is 0 Å². The fourth-order valence-corrected chi connectivity index (χ4v) is 1.97. The summed E-state index contributed by atoms with van der Waals surface area (Å²) in [6.45, 7) is 4.72. The number of rotatable bonds is 3. The highest BCUT2D eigenvalue weighted by Crippen LogP contribution is 2.23. The van der Waals surface area contributed by atoms with Crippen molar-refractivity contribution >= 4 is 38.9 Å². The molecule has 0 unspecified atom stereocenters. The van der Waals surface area contributed by atoms with E-state index >= 15 is 0 Å². The van der Waals surface area contributed by atoms with Crippen molar-refractivity contribution in [3.05, 3.63) is 57.5 Å². The molecule has 0 aliphatic heterocycles. The van der Waals surface area contributed by atoms with E-state index in [9.17, 15) is 0 Å². The topological polar surface area (TPSA) is 38.0 Å². The Balaban J connectivity index is 0.000000861. The van der Waals surface area contributed by atoms with E-state index in [1.54, 1.807) is 0 Å². The van der Waals surface area contributed by atoms with Gasteiger partial charge in [-0.1, -0.05) is 53.5 Å². The lowest BCUT2D eigenvalue weighted by Gasteiger charge is -2.09. The summed E-state index contributed by atoms with van der Waals surface area (Å²) in [5.74, 6) is 0. The van der Waals surface area contributed by atoms with Crippen LogP contribution in [0.1, 0.15) is 19.4 Å².